The SMILES string of the molecule is Fc1cccc(Oc2cccc(-c3noc(C(F)(F)F)n3)c2)c1. The monoisotopic (exact) mass is 324 g/mol. The van der Waals surface area contributed by atoms with Gasteiger partial charge in [0, 0.05) is 11.6 Å². The molecule has 0 aliphatic heterocycles. The second-order valence-corrected chi connectivity index (χ2v) is 4.51. The summed E-state index contributed by atoms with van der Waals surface area (Å²) in [5.41, 5.74) is 0.276. The quantitative estimate of drug-likeness (QED) is 0.656. The Morgan fingerprint density at radius 1 is 0.957 bits per heavy atom. The van der Waals surface area contributed by atoms with E-state index in [2.05, 4.69) is 14.7 Å². The zero-order valence-corrected chi connectivity index (χ0v) is 11.3. The van der Waals surface area contributed by atoms with Crippen molar-refractivity contribution < 1.29 is 26.8 Å². The standard InChI is InChI=1S/C15H8F4N2O2/c16-10-4-2-6-12(8-10)22-11-5-1-3-9(7-11)13-20-14(23-21-13)15(17,18)19/h1-8H. The van der Waals surface area contributed by atoms with Crippen molar-refractivity contribution in [3.63, 3.8) is 0 Å². The van der Waals surface area contributed by atoms with Crippen LogP contribution < -0.4 is 4.74 Å². The minimum Gasteiger partial charge on any atom is -0.457 e. The lowest BCUT2D eigenvalue weighted by Gasteiger charge is -2.06. The van der Waals surface area contributed by atoms with Gasteiger partial charge in [-0.1, -0.05) is 23.4 Å². The first-order valence-electron chi connectivity index (χ1n) is 6.36. The van der Waals surface area contributed by atoms with E-state index < -0.39 is 17.9 Å². The molecule has 0 spiro atoms. The molecule has 23 heavy (non-hydrogen) atoms. The molecule has 4 nitrogen and oxygen atoms in total. The third-order valence-electron chi connectivity index (χ3n) is 2.79. The van der Waals surface area contributed by atoms with Gasteiger partial charge in [0.1, 0.15) is 17.3 Å². The van der Waals surface area contributed by atoms with Crippen LogP contribution in [0.4, 0.5) is 17.6 Å². The Hall–Kier alpha value is -2.90. The molecule has 0 radical (unpaired) electrons. The van der Waals surface area contributed by atoms with Gasteiger partial charge in [-0.15, -0.1) is 0 Å². The fourth-order valence-electron chi connectivity index (χ4n) is 1.82. The minimum atomic E-state index is -4.71. The van der Waals surface area contributed by atoms with Crippen LogP contribution in [0.25, 0.3) is 11.4 Å². The molecule has 2 aromatic carbocycles. The molecule has 3 rings (SSSR count). The predicted molar refractivity (Wildman–Crippen MR) is 71.2 cm³/mol. The second-order valence-electron chi connectivity index (χ2n) is 4.51. The van der Waals surface area contributed by atoms with Gasteiger partial charge in [0.2, 0.25) is 5.82 Å². The van der Waals surface area contributed by atoms with Crippen LogP contribution in [0.1, 0.15) is 5.89 Å². The van der Waals surface area contributed by atoms with E-state index in [0.29, 0.717) is 5.75 Å². The largest absolute Gasteiger partial charge is 0.471 e. The molecular formula is C15H8F4N2O2. The molecule has 0 unspecified atom stereocenters. The maximum atomic E-state index is 13.1. The summed E-state index contributed by atoms with van der Waals surface area (Å²) in [5.74, 6) is -1.56. The third-order valence-corrected chi connectivity index (χ3v) is 2.79. The first-order chi connectivity index (χ1) is 10.9. The molecule has 118 valence electrons. The first-order valence-corrected chi connectivity index (χ1v) is 6.36. The maximum absolute atomic E-state index is 13.1. The Bertz CT molecular complexity index is 830. The van der Waals surface area contributed by atoms with Gasteiger partial charge in [0.15, 0.2) is 0 Å². The zero-order valence-electron chi connectivity index (χ0n) is 11.3. The van der Waals surface area contributed by atoms with Crippen LogP contribution in [0.3, 0.4) is 0 Å². The molecule has 1 aromatic heterocycles. The molecule has 1 heterocycles. The molecule has 0 aliphatic rings. The molecule has 0 saturated carbocycles. The number of hydrogen-bond acceptors (Lipinski definition) is 4. The summed E-state index contributed by atoms with van der Waals surface area (Å²) in [6.45, 7) is 0. The third kappa shape index (κ3) is 3.47. The topological polar surface area (TPSA) is 48.2 Å². The van der Waals surface area contributed by atoms with Crippen molar-refractivity contribution in [2.24, 2.45) is 0 Å². The van der Waals surface area contributed by atoms with Gasteiger partial charge in [0.05, 0.1) is 0 Å². The average Bonchev–Trinajstić information content (AvgIpc) is 2.97. The lowest BCUT2D eigenvalue weighted by atomic mass is 10.2. The van der Waals surface area contributed by atoms with Gasteiger partial charge in [-0.2, -0.15) is 18.2 Å². The van der Waals surface area contributed by atoms with E-state index in [4.69, 9.17) is 4.74 Å². The van der Waals surface area contributed by atoms with Crippen LogP contribution in [0.2, 0.25) is 0 Å². The number of benzene rings is 2. The van der Waals surface area contributed by atoms with E-state index in [1.807, 2.05) is 0 Å². The normalized spacial score (nSPS) is 11.5. The zero-order chi connectivity index (χ0) is 16.4. The van der Waals surface area contributed by atoms with Crippen molar-refractivity contribution in [1.82, 2.24) is 10.1 Å². The van der Waals surface area contributed by atoms with E-state index in [9.17, 15) is 17.6 Å². The lowest BCUT2D eigenvalue weighted by molar-refractivity contribution is -0.159. The van der Waals surface area contributed by atoms with Gasteiger partial charge in [-0.25, -0.2) is 4.39 Å². The Kier molecular flexibility index (Phi) is 3.73. The van der Waals surface area contributed by atoms with Crippen LogP contribution in [0.5, 0.6) is 11.5 Å². The number of aromatic nitrogens is 2. The van der Waals surface area contributed by atoms with Gasteiger partial charge in [-0.3, -0.25) is 0 Å². The molecular weight excluding hydrogens is 316 g/mol. The second kappa shape index (κ2) is 5.71. The number of halogens is 4. The first kappa shape index (κ1) is 15.0. The summed E-state index contributed by atoms with van der Waals surface area (Å²) in [6.07, 6.45) is -4.71. The van der Waals surface area contributed by atoms with E-state index >= 15 is 0 Å². The summed E-state index contributed by atoms with van der Waals surface area (Å²) < 4.78 is 60.1. The summed E-state index contributed by atoms with van der Waals surface area (Å²) >= 11 is 0. The fourth-order valence-corrected chi connectivity index (χ4v) is 1.82. The Labute approximate surface area is 127 Å². The van der Waals surface area contributed by atoms with Crippen molar-refractivity contribution in [3.8, 4) is 22.9 Å². The van der Waals surface area contributed by atoms with Crippen LogP contribution in [-0.2, 0) is 6.18 Å². The molecule has 0 bridgehead atoms. The molecule has 0 atom stereocenters. The lowest BCUT2D eigenvalue weighted by Crippen LogP contribution is -2.04. The molecule has 0 N–H and O–H groups in total. The van der Waals surface area contributed by atoms with E-state index in [1.54, 1.807) is 18.2 Å². The average molecular weight is 324 g/mol. The van der Waals surface area contributed by atoms with Crippen molar-refractivity contribution in [2.75, 3.05) is 0 Å². The Morgan fingerprint density at radius 2 is 1.65 bits per heavy atom. The summed E-state index contributed by atoms with van der Waals surface area (Å²) in [6, 6.07) is 11.5. The number of hydrogen-bond donors (Lipinski definition) is 0. The van der Waals surface area contributed by atoms with Gasteiger partial charge in [0.25, 0.3) is 0 Å². The Balaban J connectivity index is 1.86. The molecule has 0 aliphatic carbocycles. The number of nitrogens with zero attached hydrogens (tertiary/aromatic N) is 2. The van der Waals surface area contributed by atoms with Crippen LogP contribution in [0.15, 0.2) is 53.1 Å². The van der Waals surface area contributed by atoms with E-state index in [-0.39, 0.29) is 17.1 Å². The number of rotatable bonds is 3. The highest BCUT2D eigenvalue weighted by Gasteiger charge is 2.38. The van der Waals surface area contributed by atoms with Crippen LogP contribution >= 0.6 is 0 Å². The van der Waals surface area contributed by atoms with Crippen LogP contribution in [-0.4, -0.2) is 10.1 Å². The number of ether oxygens (including phenoxy) is 1. The van der Waals surface area contributed by atoms with Crippen LogP contribution in [0, 0.1) is 5.82 Å². The maximum Gasteiger partial charge on any atom is 0.471 e. The smallest absolute Gasteiger partial charge is 0.457 e. The van der Waals surface area contributed by atoms with Crippen molar-refractivity contribution in [2.45, 2.75) is 6.18 Å². The summed E-state index contributed by atoms with van der Waals surface area (Å²) in [5, 5.41) is 3.29. The van der Waals surface area contributed by atoms with Gasteiger partial charge < -0.3 is 9.26 Å². The predicted octanol–water partition coefficient (Wildman–Crippen LogP) is 4.69. The Morgan fingerprint density at radius 3 is 2.30 bits per heavy atom. The molecule has 0 fully saturated rings. The molecule has 3 aromatic rings. The van der Waals surface area contributed by atoms with Crippen molar-refractivity contribution >= 4 is 0 Å². The van der Waals surface area contributed by atoms with Crippen molar-refractivity contribution in [1.29, 1.82) is 0 Å². The highest BCUT2D eigenvalue weighted by atomic mass is 19.4. The van der Waals surface area contributed by atoms with Crippen molar-refractivity contribution in [3.05, 3.63) is 60.2 Å². The highest BCUT2D eigenvalue weighted by Crippen LogP contribution is 2.31. The minimum absolute atomic E-state index is 0.220. The highest BCUT2D eigenvalue weighted by molar-refractivity contribution is 5.57. The van der Waals surface area contributed by atoms with E-state index in [1.165, 1.54) is 30.3 Å². The van der Waals surface area contributed by atoms with Gasteiger partial charge in [-0.05, 0) is 24.3 Å². The molecule has 0 saturated heterocycles. The summed E-state index contributed by atoms with van der Waals surface area (Å²) in [4.78, 5) is 3.30. The molecule has 8 heteroatoms. The molecule has 0 amide bonds. The van der Waals surface area contributed by atoms with E-state index in [0.717, 1.165) is 0 Å². The summed E-state index contributed by atoms with van der Waals surface area (Å²) in [7, 11) is 0. The van der Waals surface area contributed by atoms with Gasteiger partial charge >= 0.3 is 12.1 Å². The fraction of sp³-hybridized carbons (Fsp3) is 0.0667. The number of alkyl halides is 3.